The molecule has 0 saturated carbocycles. The molecular formula is C19H20ClNO5S. The molecule has 6 nitrogen and oxygen atoms in total. The Morgan fingerprint density at radius 3 is 2.26 bits per heavy atom. The van der Waals surface area contributed by atoms with Crippen LogP contribution in [-0.4, -0.2) is 33.3 Å². The summed E-state index contributed by atoms with van der Waals surface area (Å²) in [6.07, 6.45) is -1.03. The highest BCUT2D eigenvalue weighted by Gasteiger charge is 2.23. The molecule has 0 amide bonds. The van der Waals surface area contributed by atoms with Crippen molar-refractivity contribution in [2.24, 2.45) is 0 Å². The number of halogens is 1. The molecule has 2 aromatic carbocycles. The van der Waals surface area contributed by atoms with Crippen molar-refractivity contribution in [2.45, 2.75) is 31.8 Å². The first-order chi connectivity index (χ1) is 12.6. The largest absolute Gasteiger partial charge is 0.451 e. The van der Waals surface area contributed by atoms with Crippen LogP contribution >= 0.6 is 11.6 Å². The Morgan fingerprint density at radius 1 is 1.04 bits per heavy atom. The quantitative estimate of drug-likeness (QED) is 0.584. The van der Waals surface area contributed by atoms with Crippen LogP contribution < -0.4 is 4.72 Å². The molecule has 0 saturated heterocycles. The number of nitrogens with one attached hydrogen (secondary N) is 1. The first-order valence-electron chi connectivity index (χ1n) is 8.12. The Morgan fingerprint density at radius 2 is 1.67 bits per heavy atom. The van der Waals surface area contributed by atoms with Gasteiger partial charge in [0, 0.05) is 5.56 Å². The minimum absolute atomic E-state index is 0.0204. The molecule has 8 heteroatoms. The van der Waals surface area contributed by atoms with Crippen molar-refractivity contribution in [1.29, 1.82) is 0 Å². The molecule has 0 spiro atoms. The summed E-state index contributed by atoms with van der Waals surface area (Å²) in [4.78, 5) is 24.6. The molecule has 0 heterocycles. The number of carbonyl (C=O) groups excluding carboxylic acids is 2. The number of hydrogen-bond acceptors (Lipinski definition) is 5. The molecule has 1 N–H and O–H groups in total. The molecule has 0 aliphatic heterocycles. The lowest BCUT2D eigenvalue weighted by Crippen LogP contribution is -2.25. The Kier molecular flexibility index (Phi) is 6.41. The van der Waals surface area contributed by atoms with Crippen molar-refractivity contribution in [3.63, 3.8) is 0 Å². The standard InChI is InChI=1S/C19H20ClNO5S/c1-11-5-6-14(9-12(11)2)18(22)13(3)26-19(23)15-7-8-16(20)17(10-15)27(24,25)21-4/h5-10,13,21H,1-4H3/t13-/m0/s1. The molecule has 0 aliphatic carbocycles. The number of sulfonamides is 1. The molecule has 1 atom stereocenters. The maximum absolute atomic E-state index is 12.5. The van der Waals surface area contributed by atoms with Gasteiger partial charge >= 0.3 is 5.97 Å². The highest BCUT2D eigenvalue weighted by Crippen LogP contribution is 2.23. The number of carbonyl (C=O) groups is 2. The molecule has 2 rings (SSSR count). The van der Waals surface area contributed by atoms with Crippen molar-refractivity contribution < 1.29 is 22.7 Å². The Hall–Kier alpha value is -2.22. The summed E-state index contributed by atoms with van der Waals surface area (Å²) in [6.45, 7) is 5.29. The van der Waals surface area contributed by atoms with E-state index in [4.69, 9.17) is 16.3 Å². The van der Waals surface area contributed by atoms with Crippen molar-refractivity contribution in [2.75, 3.05) is 7.05 Å². The number of ether oxygens (including phenoxy) is 1. The first kappa shape index (κ1) is 21.1. The van der Waals surface area contributed by atoms with E-state index in [1.54, 1.807) is 12.1 Å². The summed E-state index contributed by atoms with van der Waals surface area (Å²) in [5.74, 6) is -1.16. The summed E-state index contributed by atoms with van der Waals surface area (Å²) in [6, 6.07) is 8.98. The number of ketones is 1. The molecule has 144 valence electrons. The van der Waals surface area contributed by atoms with Gasteiger partial charge in [0.15, 0.2) is 6.10 Å². The van der Waals surface area contributed by atoms with E-state index in [1.165, 1.54) is 26.1 Å². The second-order valence-electron chi connectivity index (χ2n) is 6.06. The highest BCUT2D eigenvalue weighted by molar-refractivity contribution is 7.89. The van der Waals surface area contributed by atoms with Gasteiger partial charge in [-0.2, -0.15) is 0 Å². The zero-order valence-corrected chi connectivity index (χ0v) is 16.9. The predicted molar refractivity (Wildman–Crippen MR) is 103 cm³/mol. The van der Waals surface area contributed by atoms with E-state index < -0.39 is 22.1 Å². The fourth-order valence-corrected chi connectivity index (χ4v) is 3.61. The SMILES string of the molecule is CNS(=O)(=O)c1cc(C(=O)O[C@@H](C)C(=O)c2ccc(C)c(C)c2)ccc1Cl. The summed E-state index contributed by atoms with van der Waals surface area (Å²) in [5, 5.41) is -0.0276. The minimum atomic E-state index is -3.84. The van der Waals surface area contributed by atoms with Crippen LogP contribution in [0.5, 0.6) is 0 Å². The minimum Gasteiger partial charge on any atom is -0.451 e. The Bertz CT molecular complexity index is 1000. The maximum atomic E-state index is 12.5. The lowest BCUT2D eigenvalue weighted by molar-refractivity contribution is 0.0318. The monoisotopic (exact) mass is 409 g/mol. The third-order valence-corrected chi connectivity index (χ3v) is 6.07. The fourth-order valence-electron chi connectivity index (χ4n) is 2.36. The average Bonchev–Trinajstić information content (AvgIpc) is 2.63. The number of rotatable bonds is 6. The maximum Gasteiger partial charge on any atom is 0.338 e. The molecule has 0 aromatic heterocycles. The molecule has 2 aromatic rings. The van der Waals surface area contributed by atoms with Gasteiger partial charge in [0.05, 0.1) is 10.6 Å². The zero-order valence-electron chi connectivity index (χ0n) is 15.4. The molecule has 0 aliphatic rings. The van der Waals surface area contributed by atoms with Crippen LogP contribution in [0.3, 0.4) is 0 Å². The van der Waals surface area contributed by atoms with E-state index in [0.717, 1.165) is 17.2 Å². The smallest absolute Gasteiger partial charge is 0.338 e. The van der Waals surface area contributed by atoms with Crippen LogP contribution in [0.15, 0.2) is 41.3 Å². The molecule has 0 bridgehead atoms. The second kappa shape index (κ2) is 8.21. The molecule has 0 radical (unpaired) electrons. The lowest BCUT2D eigenvalue weighted by Gasteiger charge is -2.14. The fraction of sp³-hybridized carbons (Fsp3) is 0.263. The topological polar surface area (TPSA) is 89.5 Å². The van der Waals surface area contributed by atoms with Gasteiger partial charge in [0.25, 0.3) is 0 Å². The van der Waals surface area contributed by atoms with Gasteiger partial charge in [-0.15, -0.1) is 0 Å². The summed E-state index contributed by atoms with van der Waals surface area (Å²) in [7, 11) is -2.60. The van der Waals surface area contributed by atoms with E-state index >= 15 is 0 Å². The van der Waals surface area contributed by atoms with E-state index in [0.29, 0.717) is 5.56 Å². The number of Topliss-reactive ketones (excluding diaryl/α,β-unsaturated/α-hetero) is 1. The predicted octanol–water partition coefficient (Wildman–Crippen LogP) is 3.29. The van der Waals surface area contributed by atoms with Crippen LogP contribution in [0.4, 0.5) is 0 Å². The third kappa shape index (κ3) is 4.74. The molecule has 27 heavy (non-hydrogen) atoms. The van der Waals surface area contributed by atoms with E-state index in [-0.39, 0.29) is 21.3 Å². The number of esters is 1. The number of benzene rings is 2. The molecule has 0 fully saturated rings. The lowest BCUT2D eigenvalue weighted by atomic mass is 10.0. The normalized spacial score (nSPS) is 12.5. The third-order valence-electron chi connectivity index (χ3n) is 4.17. The van der Waals surface area contributed by atoms with Gasteiger partial charge in [0.2, 0.25) is 15.8 Å². The highest BCUT2D eigenvalue weighted by atomic mass is 35.5. The van der Waals surface area contributed by atoms with Gasteiger partial charge in [-0.1, -0.05) is 23.7 Å². The number of hydrogen-bond donors (Lipinski definition) is 1. The van der Waals surface area contributed by atoms with Crippen molar-refractivity contribution in [1.82, 2.24) is 4.72 Å². The zero-order chi connectivity index (χ0) is 20.4. The van der Waals surface area contributed by atoms with Crippen LogP contribution in [0.1, 0.15) is 38.8 Å². The first-order valence-corrected chi connectivity index (χ1v) is 9.98. The second-order valence-corrected chi connectivity index (χ2v) is 8.33. The number of aryl methyl sites for hydroxylation is 2. The molecular weight excluding hydrogens is 390 g/mol. The van der Waals surface area contributed by atoms with E-state index in [9.17, 15) is 18.0 Å². The molecule has 0 unspecified atom stereocenters. The van der Waals surface area contributed by atoms with Crippen LogP contribution in [0.2, 0.25) is 5.02 Å². The van der Waals surface area contributed by atoms with Crippen molar-refractivity contribution >= 4 is 33.4 Å². The van der Waals surface area contributed by atoms with Crippen molar-refractivity contribution in [3.05, 3.63) is 63.7 Å². The van der Waals surface area contributed by atoms with E-state index in [2.05, 4.69) is 4.72 Å². The van der Waals surface area contributed by atoms with Crippen LogP contribution in [0.25, 0.3) is 0 Å². The average molecular weight is 410 g/mol. The Balaban J connectivity index is 2.22. The van der Waals surface area contributed by atoms with Gasteiger partial charge in [-0.05, 0) is 63.2 Å². The van der Waals surface area contributed by atoms with E-state index in [1.807, 2.05) is 19.9 Å². The van der Waals surface area contributed by atoms with Gasteiger partial charge in [-0.3, -0.25) is 4.79 Å². The van der Waals surface area contributed by atoms with Gasteiger partial charge < -0.3 is 4.74 Å². The summed E-state index contributed by atoms with van der Waals surface area (Å²) < 4.78 is 31.3. The Labute approximate surface area is 163 Å². The van der Waals surface area contributed by atoms with Gasteiger partial charge in [-0.25, -0.2) is 17.9 Å². The van der Waals surface area contributed by atoms with Crippen LogP contribution in [0, 0.1) is 13.8 Å². The summed E-state index contributed by atoms with van der Waals surface area (Å²) >= 11 is 5.90. The van der Waals surface area contributed by atoms with Crippen LogP contribution in [-0.2, 0) is 14.8 Å². The van der Waals surface area contributed by atoms with Gasteiger partial charge in [0.1, 0.15) is 4.90 Å². The summed E-state index contributed by atoms with van der Waals surface area (Å²) in [5.41, 5.74) is 2.43. The van der Waals surface area contributed by atoms with Crippen molar-refractivity contribution in [3.8, 4) is 0 Å².